The van der Waals surface area contributed by atoms with E-state index in [4.69, 9.17) is 0 Å². The minimum Gasteiger partial charge on any atom is -0.299 e. The van der Waals surface area contributed by atoms with Crippen molar-refractivity contribution in [3.63, 3.8) is 0 Å². The second-order valence-corrected chi connectivity index (χ2v) is 7.30. The summed E-state index contributed by atoms with van der Waals surface area (Å²) < 4.78 is 22.6. The van der Waals surface area contributed by atoms with E-state index in [1.807, 2.05) is 6.92 Å². The SMILES string of the molecule is CC1CN(C2CCS(=O)(=O)CC2)CCC1=O. The van der Waals surface area contributed by atoms with E-state index in [2.05, 4.69) is 4.90 Å². The summed E-state index contributed by atoms with van der Waals surface area (Å²) in [5.41, 5.74) is 0. The van der Waals surface area contributed by atoms with Crippen LogP contribution >= 0.6 is 0 Å². The lowest BCUT2D eigenvalue weighted by atomic mass is 9.96. The van der Waals surface area contributed by atoms with Gasteiger partial charge in [-0.3, -0.25) is 9.69 Å². The van der Waals surface area contributed by atoms with Crippen LogP contribution in [0.15, 0.2) is 0 Å². The van der Waals surface area contributed by atoms with E-state index in [-0.39, 0.29) is 5.92 Å². The maximum Gasteiger partial charge on any atom is 0.150 e. The van der Waals surface area contributed by atoms with Crippen LogP contribution in [0.3, 0.4) is 0 Å². The van der Waals surface area contributed by atoms with E-state index < -0.39 is 9.84 Å². The van der Waals surface area contributed by atoms with Gasteiger partial charge in [0.2, 0.25) is 0 Å². The second-order valence-electron chi connectivity index (χ2n) is 5.00. The summed E-state index contributed by atoms with van der Waals surface area (Å²) in [4.78, 5) is 13.7. The van der Waals surface area contributed by atoms with Gasteiger partial charge in [-0.2, -0.15) is 0 Å². The zero-order chi connectivity index (χ0) is 11.8. The van der Waals surface area contributed by atoms with Gasteiger partial charge >= 0.3 is 0 Å². The fourth-order valence-electron chi connectivity index (χ4n) is 2.62. The minimum atomic E-state index is -2.77. The molecule has 0 bridgehead atoms. The summed E-state index contributed by atoms with van der Waals surface area (Å²) in [6.45, 7) is 3.59. The van der Waals surface area contributed by atoms with Gasteiger partial charge < -0.3 is 0 Å². The monoisotopic (exact) mass is 245 g/mol. The molecule has 2 heterocycles. The number of Topliss-reactive ketones (excluding diaryl/α,β-unsaturated/α-hetero) is 1. The first kappa shape index (κ1) is 12.0. The molecule has 0 aromatic carbocycles. The van der Waals surface area contributed by atoms with Crippen LogP contribution in [0, 0.1) is 5.92 Å². The van der Waals surface area contributed by atoms with Gasteiger partial charge in [0.05, 0.1) is 11.5 Å². The van der Waals surface area contributed by atoms with E-state index in [0.29, 0.717) is 29.8 Å². The zero-order valence-electron chi connectivity index (χ0n) is 9.68. The van der Waals surface area contributed by atoms with Gasteiger partial charge in [-0.15, -0.1) is 0 Å². The first-order valence-corrected chi connectivity index (χ1v) is 7.77. The highest BCUT2D eigenvalue weighted by Gasteiger charge is 2.32. The van der Waals surface area contributed by atoms with Crippen LogP contribution in [-0.4, -0.2) is 49.7 Å². The summed E-state index contributed by atoms with van der Waals surface area (Å²) in [5.74, 6) is 1.10. The number of ketones is 1. The Kier molecular flexibility index (Phi) is 3.35. The maximum absolute atomic E-state index is 11.4. The van der Waals surface area contributed by atoms with E-state index in [0.717, 1.165) is 25.9 Å². The molecule has 0 spiro atoms. The Morgan fingerprint density at radius 2 is 1.88 bits per heavy atom. The molecule has 1 unspecified atom stereocenters. The predicted molar refractivity (Wildman–Crippen MR) is 62.0 cm³/mol. The third kappa shape index (κ3) is 2.63. The molecular formula is C11H19NO3S. The number of likely N-dealkylation sites (tertiary alicyclic amines) is 1. The number of rotatable bonds is 1. The minimum absolute atomic E-state index is 0.118. The van der Waals surface area contributed by atoms with Crippen molar-refractivity contribution in [2.75, 3.05) is 24.6 Å². The average Bonchev–Trinajstić information content (AvgIpc) is 2.22. The summed E-state index contributed by atoms with van der Waals surface area (Å²) in [6, 6.07) is 0.374. The fourth-order valence-corrected chi connectivity index (χ4v) is 4.09. The van der Waals surface area contributed by atoms with Crippen molar-refractivity contribution in [2.24, 2.45) is 5.92 Å². The van der Waals surface area contributed by atoms with Crippen LogP contribution in [0.1, 0.15) is 26.2 Å². The highest BCUT2D eigenvalue weighted by atomic mass is 32.2. The molecule has 1 atom stereocenters. The van der Waals surface area contributed by atoms with Crippen LogP contribution in [0.5, 0.6) is 0 Å². The molecule has 0 amide bonds. The van der Waals surface area contributed by atoms with Crippen molar-refractivity contribution in [1.82, 2.24) is 4.90 Å². The lowest BCUT2D eigenvalue weighted by molar-refractivity contribution is -0.126. The normalized spacial score (nSPS) is 32.8. The first-order valence-electron chi connectivity index (χ1n) is 5.95. The molecule has 2 fully saturated rings. The summed E-state index contributed by atoms with van der Waals surface area (Å²) in [7, 11) is -2.77. The Morgan fingerprint density at radius 3 is 2.44 bits per heavy atom. The number of hydrogen-bond acceptors (Lipinski definition) is 4. The van der Waals surface area contributed by atoms with E-state index in [1.165, 1.54) is 0 Å². The molecule has 0 aromatic heterocycles. The van der Waals surface area contributed by atoms with Gasteiger partial charge in [0.25, 0.3) is 0 Å². The third-order valence-corrected chi connectivity index (χ3v) is 5.46. The molecule has 0 radical (unpaired) electrons. The van der Waals surface area contributed by atoms with Crippen LogP contribution in [0.4, 0.5) is 0 Å². The van der Waals surface area contributed by atoms with Crippen molar-refractivity contribution < 1.29 is 13.2 Å². The van der Waals surface area contributed by atoms with E-state index >= 15 is 0 Å². The number of hydrogen-bond donors (Lipinski definition) is 0. The molecule has 5 heteroatoms. The molecule has 0 aliphatic carbocycles. The van der Waals surface area contributed by atoms with Gasteiger partial charge in [-0.25, -0.2) is 8.42 Å². The quantitative estimate of drug-likeness (QED) is 0.674. The molecule has 0 N–H and O–H groups in total. The maximum atomic E-state index is 11.4. The van der Waals surface area contributed by atoms with Crippen molar-refractivity contribution in [2.45, 2.75) is 32.2 Å². The lowest BCUT2D eigenvalue weighted by Crippen LogP contribution is -2.48. The number of sulfone groups is 1. The fraction of sp³-hybridized carbons (Fsp3) is 0.909. The summed E-state index contributed by atoms with van der Waals surface area (Å²) >= 11 is 0. The standard InChI is InChI=1S/C11H19NO3S/c1-9-8-12(5-2-11(9)13)10-3-6-16(14,15)7-4-10/h9-10H,2-8H2,1H3. The number of carbonyl (C=O) groups excluding carboxylic acids is 1. The molecule has 0 saturated carbocycles. The second kappa shape index (κ2) is 4.45. The van der Waals surface area contributed by atoms with Crippen molar-refractivity contribution in [3.8, 4) is 0 Å². The Hall–Kier alpha value is -0.420. The molecule has 2 rings (SSSR count). The highest BCUT2D eigenvalue weighted by Crippen LogP contribution is 2.22. The van der Waals surface area contributed by atoms with Crippen molar-refractivity contribution in [1.29, 1.82) is 0 Å². The average molecular weight is 245 g/mol. The molecule has 2 aliphatic heterocycles. The van der Waals surface area contributed by atoms with Gasteiger partial charge in [0.15, 0.2) is 0 Å². The van der Waals surface area contributed by atoms with Crippen molar-refractivity contribution in [3.05, 3.63) is 0 Å². The van der Waals surface area contributed by atoms with Gasteiger partial charge in [0, 0.05) is 31.5 Å². The smallest absolute Gasteiger partial charge is 0.150 e. The van der Waals surface area contributed by atoms with Gasteiger partial charge in [0.1, 0.15) is 15.6 Å². The van der Waals surface area contributed by atoms with Gasteiger partial charge in [-0.05, 0) is 12.8 Å². The number of piperidine rings is 1. The largest absolute Gasteiger partial charge is 0.299 e. The molecule has 4 nitrogen and oxygen atoms in total. The lowest BCUT2D eigenvalue weighted by Gasteiger charge is -2.38. The molecule has 2 saturated heterocycles. The Morgan fingerprint density at radius 1 is 1.25 bits per heavy atom. The third-order valence-electron chi connectivity index (χ3n) is 3.74. The zero-order valence-corrected chi connectivity index (χ0v) is 10.5. The van der Waals surface area contributed by atoms with Crippen molar-refractivity contribution >= 4 is 15.6 Å². The van der Waals surface area contributed by atoms with Crippen LogP contribution in [0.2, 0.25) is 0 Å². The Balaban J connectivity index is 1.92. The van der Waals surface area contributed by atoms with Crippen LogP contribution in [-0.2, 0) is 14.6 Å². The summed E-state index contributed by atoms with van der Waals surface area (Å²) in [5, 5.41) is 0. The molecular weight excluding hydrogens is 226 g/mol. The number of carbonyl (C=O) groups is 1. The topological polar surface area (TPSA) is 54.5 Å². The summed E-state index contributed by atoms with van der Waals surface area (Å²) in [6.07, 6.45) is 2.11. The Bertz CT molecular complexity index is 363. The molecule has 0 aromatic rings. The first-order chi connectivity index (χ1) is 7.48. The van der Waals surface area contributed by atoms with Crippen LogP contribution in [0.25, 0.3) is 0 Å². The molecule has 92 valence electrons. The molecule has 2 aliphatic rings. The highest BCUT2D eigenvalue weighted by molar-refractivity contribution is 7.91. The predicted octanol–water partition coefficient (Wildman–Crippen LogP) is 0.474. The molecule has 16 heavy (non-hydrogen) atoms. The van der Waals surface area contributed by atoms with E-state index in [1.54, 1.807) is 0 Å². The van der Waals surface area contributed by atoms with E-state index in [9.17, 15) is 13.2 Å². The Labute approximate surface area is 96.9 Å². The van der Waals surface area contributed by atoms with Crippen LogP contribution < -0.4 is 0 Å². The number of nitrogens with zero attached hydrogens (tertiary/aromatic N) is 1. The van der Waals surface area contributed by atoms with Gasteiger partial charge in [-0.1, -0.05) is 6.92 Å².